The summed E-state index contributed by atoms with van der Waals surface area (Å²) in [5.74, 6) is 2.29. The maximum absolute atomic E-state index is 12.3. The van der Waals surface area contributed by atoms with Crippen molar-refractivity contribution >= 4 is 45.2 Å². The Labute approximate surface area is 111 Å². The Hall–Kier alpha value is -0.0100. The molecule has 1 aliphatic heterocycles. The highest BCUT2D eigenvalue weighted by atomic mass is 79.9. The predicted molar refractivity (Wildman–Crippen MR) is 71.2 cm³/mol. The van der Waals surface area contributed by atoms with Gasteiger partial charge in [-0.2, -0.15) is 11.8 Å². The van der Waals surface area contributed by atoms with Crippen LogP contribution in [0.3, 0.4) is 0 Å². The minimum atomic E-state index is 0.0206. The van der Waals surface area contributed by atoms with Crippen LogP contribution in [0, 0.1) is 0 Å². The van der Waals surface area contributed by atoms with E-state index >= 15 is 0 Å². The lowest BCUT2D eigenvalue weighted by molar-refractivity contribution is 0.0979. The molecule has 0 N–H and O–H groups in total. The van der Waals surface area contributed by atoms with Gasteiger partial charge in [0.25, 0.3) is 0 Å². The molecule has 0 saturated carbocycles. The Bertz CT molecular complexity index is 390. The second-order valence-electron chi connectivity index (χ2n) is 3.58. The third-order valence-corrected chi connectivity index (χ3v) is 6.09. The van der Waals surface area contributed by atoms with Gasteiger partial charge in [-0.05, 0) is 15.9 Å². The van der Waals surface area contributed by atoms with E-state index in [4.69, 9.17) is 0 Å². The zero-order valence-corrected chi connectivity index (χ0v) is 12.2. The van der Waals surface area contributed by atoms with Crippen molar-refractivity contribution in [3.8, 4) is 0 Å². The third-order valence-electron chi connectivity index (χ3n) is 2.47. The highest BCUT2D eigenvalue weighted by molar-refractivity contribution is 9.10. The van der Waals surface area contributed by atoms with E-state index in [9.17, 15) is 4.79 Å². The summed E-state index contributed by atoms with van der Waals surface area (Å²) in [6, 6.07) is 0. The van der Waals surface area contributed by atoms with E-state index < -0.39 is 0 Å². The van der Waals surface area contributed by atoms with Gasteiger partial charge in [-0.15, -0.1) is 16.9 Å². The molecule has 88 valence electrons. The lowest BCUT2D eigenvalue weighted by Gasteiger charge is -2.26. The van der Waals surface area contributed by atoms with Crippen molar-refractivity contribution in [2.75, 3.05) is 11.5 Å². The minimum absolute atomic E-state index is 0.0206. The number of rotatable bonds is 2. The Morgan fingerprint density at radius 3 is 2.75 bits per heavy atom. The van der Waals surface area contributed by atoms with E-state index in [1.807, 2.05) is 11.8 Å². The van der Waals surface area contributed by atoms with Crippen LogP contribution in [0.5, 0.6) is 0 Å². The molecule has 1 aliphatic rings. The van der Waals surface area contributed by atoms with Crippen LogP contribution >= 0.6 is 39.5 Å². The van der Waals surface area contributed by atoms with Gasteiger partial charge in [0.1, 0.15) is 5.69 Å². The Kier molecular flexibility index (Phi) is 3.97. The molecule has 0 amide bonds. The summed E-state index contributed by atoms with van der Waals surface area (Å²) in [6.45, 7) is 2.11. The highest BCUT2D eigenvalue weighted by Crippen LogP contribution is 2.33. The van der Waals surface area contributed by atoms with E-state index in [0.717, 1.165) is 11.5 Å². The number of Topliss-reactive ketones (excluding diaryl/α,β-unsaturated/α-hetero) is 1. The molecule has 2 rings (SSSR count). The molecule has 7 heteroatoms. The van der Waals surface area contributed by atoms with Crippen LogP contribution in [0.15, 0.2) is 4.60 Å². The SMILES string of the molecule is CC1SCCSC1C(=O)c1c(Br)nnn1C. The number of hydrogen-bond acceptors (Lipinski definition) is 5. The molecule has 0 aliphatic carbocycles. The number of nitrogens with zero attached hydrogens (tertiary/aromatic N) is 3. The second kappa shape index (κ2) is 5.10. The molecule has 1 aromatic heterocycles. The van der Waals surface area contributed by atoms with Crippen LogP contribution < -0.4 is 0 Å². The normalized spacial score (nSPS) is 25.7. The number of ketones is 1. The number of hydrogen-bond donors (Lipinski definition) is 0. The highest BCUT2D eigenvalue weighted by Gasteiger charge is 2.32. The molecule has 0 spiro atoms. The second-order valence-corrected chi connectivity index (χ2v) is 7.07. The average Bonchev–Trinajstić information content (AvgIpc) is 2.58. The van der Waals surface area contributed by atoms with E-state index in [-0.39, 0.29) is 11.0 Å². The van der Waals surface area contributed by atoms with E-state index in [2.05, 4.69) is 33.2 Å². The summed E-state index contributed by atoms with van der Waals surface area (Å²) in [7, 11) is 1.75. The molecule has 1 fully saturated rings. The Balaban J connectivity index is 2.24. The maximum Gasteiger partial charge on any atom is 0.197 e. The van der Waals surface area contributed by atoms with Crippen LogP contribution in [-0.2, 0) is 7.05 Å². The molecule has 0 bridgehead atoms. The van der Waals surface area contributed by atoms with E-state index in [1.54, 1.807) is 23.5 Å². The first-order valence-corrected chi connectivity index (χ1v) is 7.83. The lowest BCUT2D eigenvalue weighted by atomic mass is 10.2. The quantitative estimate of drug-likeness (QED) is 0.780. The van der Waals surface area contributed by atoms with Gasteiger partial charge in [0, 0.05) is 23.8 Å². The molecule has 16 heavy (non-hydrogen) atoms. The summed E-state index contributed by atoms with van der Waals surface area (Å²) in [6.07, 6.45) is 0. The van der Waals surface area contributed by atoms with Gasteiger partial charge >= 0.3 is 0 Å². The zero-order valence-electron chi connectivity index (χ0n) is 9.01. The van der Waals surface area contributed by atoms with E-state index in [0.29, 0.717) is 15.5 Å². The summed E-state index contributed by atoms with van der Waals surface area (Å²) < 4.78 is 2.09. The Morgan fingerprint density at radius 2 is 2.19 bits per heavy atom. The average molecular weight is 322 g/mol. The summed E-state index contributed by atoms with van der Waals surface area (Å²) >= 11 is 6.86. The molecule has 1 aromatic rings. The molecular formula is C9H12BrN3OS2. The molecule has 2 unspecified atom stereocenters. The molecule has 1 saturated heterocycles. The predicted octanol–water partition coefficient (Wildman–Crippen LogP) is 2.00. The van der Waals surface area contributed by atoms with Gasteiger partial charge in [0.15, 0.2) is 10.4 Å². The van der Waals surface area contributed by atoms with Crippen molar-refractivity contribution < 1.29 is 4.79 Å². The summed E-state index contributed by atoms with van der Waals surface area (Å²) in [4.78, 5) is 12.3. The van der Waals surface area contributed by atoms with Gasteiger partial charge in [-0.25, -0.2) is 4.68 Å². The van der Waals surface area contributed by atoms with Crippen molar-refractivity contribution in [1.29, 1.82) is 0 Å². The van der Waals surface area contributed by atoms with Gasteiger partial charge in [-0.1, -0.05) is 12.1 Å². The molecule has 4 nitrogen and oxygen atoms in total. The maximum atomic E-state index is 12.3. The number of carbonyl (C=O) groups is 1. The number of halogens is 1. The molecule has 2 atom stereocenters. The van der Waals surface area contributed by atoms with Gasteiger partial charge < -0.3 is 0 Å². The topological polar surface area (TPSA) is 47.8 Å². The standard InChI is InChI=1S/C9H12BrN3OS2/c1-5-8(16-4-3-15-5)7(14)6-9(10)11-12-13(6)2/h5,8H,3-4H2,1-2H3. The van der Waals surface area contributed by atoms with Crippen LogP contribution in [0.4, 0.5) is 0 Å². The molecule has 2 heterocycles. The number of aryl methyl sites for hydroxylation is 1. The number of thioether (sulfide) groups is 2. The van der Waals surface area contributed by atoms with Crippen LogP contribution in [0.1, 0.15) is 17.4 Å². The van der Waals surface area contributed by atoms with Crippen molar-refractivity contribution in [3.05, 3.63) is 10.3 Å². The number of aromatic nitrogens is 3. The van der Waals surface area contributed by atoms with Crippen LogP contribution in [0.2, 0.25) is 0 Å². The first-order chi connectivity index (χ1) is 7.61. The van der Waals surface area contributed by atoms with Gasteiger partial charge in [0.05, 0.1) is 5.25 Å². The largest absolute Gasteiger partial charge is 0.291 e. The molecular weight excluding hydrogens is 310 g/mol. The third kappa shape index (κ3) is 2.31. The lowest BCUT2D eigenvalue weighted by Crippen LogP contribution is -2.32. The fraction of sp³-hybridized carbons (Fsp3) is 0.667. The monoisotopic (exact) mass is 321 g/mol. The minimum Gasteiger partial charge on any atom is -0.291 e. The summed E-state index contributed by atoms with van der Waals surface area (Å²) in [5, 5.41) is 8.07. The Morgan fingerprint density at radius 1 is 1.50 bits per heavy atom. The van der Waals surface area contributed by atoms with Crippen molar-refractivity contribution in [2.24, 2.45) is 7.05 Å². The first-order valence-electron chi connectivity index (χ1n) is 4.94. The first kappa shape index (κ1) is 12.4. The van der Waals surface area contributed by atoms with Crippen molar-refractivity contribution in [1.82, 2.24) is 15.0 Å². The fourth-order valence-electron chi connectivity index (χ4n) is 1.65. The summed E-state index contributed by atoms with van der Waals surface area (Å²) in [5.41, 5.74) is 0.576. The fourth-order valence-corrected chi connectivity index (χ4v) is 4.87. The number of carbonyl (C=O) groups excluding carboxylic acids is 1. The zero-order chi connectivity index (χ0) is 11.7. The van der Waals surface area contributed by atoms with Gasteiger partial charge in [-0.3, -0.25) is 4.79 Å². The van der Waals surface area contributed by atoms with Crippen LogP contribution in [0.25, 0.3) is 0 Å². The van der Waals surface area contributed by atoms with E-state index in [1.165, 1.54) is 0 Å². The smallest absolute Gasteiger partial charge is 0.197 e. The van der Waals surface area contributed by atoms with Gasteiger partial charge in [0.2, 0.25) is 0 Å². The molecule has 0 radical (unpaired) electrons. The van der Waals surface area contributed by atoms with Crippen molar-refractivity contribution in [2.45, 2.75) is 17.4 Å². The van der Waals surface area contributed by atoms with Crippen LogP contribution in [-0.4, -0.2) is 42.8 Å². The van der Waals surface area contributed by atoms with Crippen molar-refractivity contribution in [3.63, 3.8) is 0 Å². The molecule has 0 aromatic carbocycles.